The van der Waals surface area contributed by atoms with Gasteiger partial charge in [-0.25, -0.2) is 4.98 Å². The standard InChI is InChI=1S/C21H11BrCl2N4O4S2/c22-11-5-13-18(21(30)28(20(13)29)9-10-1-2-12(23)7-15(10)24)16(6-11)27-34(31,32)19-14-8-26-33-17(14)3-4-25-19/h1-8,27H,9H2. The van der Waals surface area contributed by atoms with E-state index in [9.17, 15) is 18.0 Å². The number of nitrogens with zero attached hydrogens (tertiary/aromatic N) is 3. The molecule has 0 saturated carbocycles. The van der Waals surface area contributed by atoms with Gasteiger partial charge < -0.3 is 0 Å². The van der Waals surface area contributed by atoms with Crippen molar-refractivity contribution in [1.82, 2.24) is 14.3 Å². The number of sulfonamides is 1. The Morgan fingerprint density at radius 1 is 1.09 bits per heavy atom. The van der Waals surface area contributed by atoms with Gasteiger partial charge in [0, 0.05) is 20.7 Å². The lowest BCUT2D eigenvalue weighted by Gasteiger charge is -2.15. The fourth-order valence-electron chi connectivity index (χ4n) is 3.60. The highest BCUT2D eigenvalue weighted by Crippen LogP contribution is 2.36. The Balaban J connectivity index is 1.54. The van der Waals surface area contributed by atoms with Crippen LogP contribution in [-0.4, -0.2) is 34.5 Å². The Kier molecular flexibility index (Phi) is 5.85. The van der Waals surface area contributed by atoms with Crippen molar-refractivity contribution in [2.24, 2.45) is 0 Å². The number of imide groups is 1. The van der Waals surface area contributed by atoms with Crippen LogP contribution in [0.2, 0.25) is 10.0 Å². The fraction of sp³-hybridized carbons (Fsp3) is 0.0476. The summed E-state index contributed by atoms with van der Waals surface area (Å²) in [5.41, 5.74) is 0.472. The number of hydrogen-bond donors (Lipinski definition) is 1. The minimum Gasteiger partial charge on any atom is -0.277 e. The second kappa shape index (κ2) is 8.58. The van der Waals surface area contributed by atoms with Gasteiger partial charge in [-0.05, 0) is 47.4 Å². The molecule has 0 unspecified atom stereocenters. The summed E-state index contributed by atoms with van der Waals surface area (Å²) in [6.07, 6.45) is 2.78. The number of anilines is 1. The van der Waals surface area contributed by atoms with Crippen LogP contribution in [0.1, 0.15) is 26.3 Å². The minimum atomic E-state index is -4.21. The molecule has 2 aromatic heterocycles. The van der Waals surface area contributed by atoms with Crippen LogP contribution in [-0.2, 0) is 16.6 Å². The molecule has 4 aromatic rings. The van der Waals surface area contributed by atoms with Crippen molar-refractivity contribution in [3.8, 4) is 0 Å². The van der Waals surface area contributed by atoms with Crippen molar-refractivity contribution in [2.45, 2.75) is 11.6 Å². The van der Waals surface area contributed by atoms with Crippen LogP contribution in [0.25, 0.3) is 10.1 Å². The van der Waals surface area contributed by atoms with Crippen molar-refractivity contribution < 1.29 is 18.0 Å². The van der Waals surface area contributed by atoms with Gasteiger partial charge in [-0.2, -0.15) is 12.8 Å². The van der Waals surface area contributed by atoms with E-state index in [0.717, 1.165) is 16.4 Å². The first kappa shape index (κ1) is 23.2. The van der Waals surface area contributed by atoms with Gasteiger partial charge in [-0.1, -0.05) is 45.2 Å². The third-order valence-electron chi connectivity index (χ3n) is 5.13. The van der Waals surface area contributed by atoms with E-state index >= 15 is 0 Å². The van der Waals surface area contributed by atoms with Crippen LogP contribution in [0.4, 0.5) is 5.69 Å². The summed E-state index contributed by atoms with van der Waals surface area (Å²) in [6.45, 7) is -0.104. The van der Waals surface area contributed by atoms with Crippen LogP contribution in [0, 0.1) is 0 Å². The van der Waals surface area contributed by atoms with E-state index < -0.39 is 21.8 Å². The molecule has 0 saturated heterocycles. The second-order valence-electron chi connectivity index (χ2n) is 7.27. The molecule has 8 nitrogen and oxygen atoms in total. The number of pyridine rings is 1. The average molecular weight is 598 g/mol. The zero-order chi connectivity index (χ0) is 24.2. The molecule has 1 aliphatic rings. The molecule has 1 aliphatic heterocycles. The van der Waals surface area contributed by atoms with Crippen molar-refractivity contribution >= 4 is 88.3 Å². The van der Waals surface area contributed by atoms with Crippen LogP contribution in [0.5, 0.6) is 0 Å². The molecule has 2 aromatic carbocycles. The minimum absolute atomic E-state index is 0.0468. The lowest BCUT2D eigenvalue weighted by atomic mass is 10.1. The van der Waals surface area contributed by atoms with E-state index in [1.807, 2.05) is 0 Å². The number of halogens is 3. The maximum absolute atomic E-state index is 13.3. The van der Waals surface area contributed by atoms with Gasteiger partial charge in [0.1, 0.15) is 0 Å². The van der Waals surface area contributed by atoms with Gasteiger partial charge in [0.25, 0.3) is 21.8 Å². The van der Waals surface area contributed by atoms with Crippen molar-refractivity contribution in [2.75, 3.05) is 4.72 Å². The third-order valence-corrected chi connectivity index (χ3v) is 8.26. The molecule has 0 aliphatic carbocycles. The maximum atomic E-state index is 13.3. The van der Waals surface area contributed by atoms with Crippen LogP contribution < -0.4 is 4.72 Å². The van der Waals surface area contributed by atoms with E-state index in [4.69, 9.17) is 23.2 Å². The number of rotatable bonds is 5. The van der Waals surface area contributed by atoms with E-state index in [-0.39, 0.29) is 28.4 Å². The summed E-state index contributed by atoms with van der Waals surface area (Å²) in [4.78, 5) is 31.4. The van der Waals surface area contributed by atoms with Gasteiger partial charge in [0.05, 0.1) is 39.6 Å². The number of carbonyl (C=O) groups excluding carboxylic acids is 2. The summed E-state index contributed by atoms with van der Waals surface area (Å²) in [6, 6.07) is 9.29. The summed E-state index contributed by atoms with van der Waals surface area (Å²) in [5.74, 6) is -1.23. The number of fused-ring (bicyclic) bond motifs is 2. The Morgan fingerprint density at radius 2 is 1.88 bits per heavy atom. The Labute approximate surface area is 215 Å². The highest BCUT2D eigenvalue weighted by Gasteiger charge is 2.39. The van der Waals surface area contributed by atoms with Crippen LogP contribution >= 0.6 is 50.7 Å². The van der Waals surface area contributed by atoms with Gasteiger partial charge in [-0.3, -0.25) is 19.2 Å². The molecule has 1 N–H and O–H groups in total. The first-order valence-electron chi connectivity index (χ1n) is 9.51. The Hall–Kier alpha value is -2.57. The molecular formula is C21H11BrCl2N4O4S2. The largest absolute Gasteiger partial charge is 0.280 e. The monoisotopic (exact) mass is 596 g/mol. The number of hydrogen-bond acceptors (Lipinski definition) is 7. The smallest absolute Gasteiger partial charge is 0.277 e. The lowest BCUT2D eigenvalue weighted by Crippen LogP contribution is -2.29. The summed E-state index contributed by atoms with van der Waals surface area (Å²) >= 11 is 16.6. The number of benzene rings is 2. The molecule has 0 atom stereocenters. The topological polar surface area (TPSA) is 109 Å². The predicted molar refractivity (Wildman–Crippen MR) is 133 cm³/mol. The van der Waals surface area contributed by atoms with E-state index in [2.05, 4.69) is 30.0 Å². The van der Waals surface area contributed by atoms with Gasteiger partial charge in [0.15, 0.2) is 5.03 Å². The lowest BCUT2D eigenvalue weighted by molar-refractivity contribution is 0.0642. The molecule has 2 amide bonds. The fourth-order valence-corrected chi connectivity index (χ4v) is 6.43. The molecule has 5 rings (SSSR count). The first-order valence-corrected chi connectivity index (χ1v) is 13.3. The highest BCUT2D eigenvalue weighted by atomic mass is 79.9. The molecule has 172 valence electrons. The average Bonchev–Trinajstić information content (AvgIpc) is 3.34. The third kappa shape index (κ3) is 3.97. The van der Waals surface area contributed by atoms with Crippen molar-refractivity contribution in [3.63, 3.8) is 0 Å². The molecule has 0 radical (unpaired) electrons. The van der Waals surface area contributed by atoms with Crippen molar-refractivity contribution in [1.29, 1.82) is 0 Å². The number of nitrogens with one attached hydrogen (secondary N) is 1. The van der Waals surface area contributed by atoms with Gasteiger partial charge >= 0.3 is 0 Å². The van der Waals surface area contributed by atoms with E-state index in [1.165, 1.54) is 30.6 Å². The molecule has 34 heavy (non-hydrogen) atoms. The second-order valence-corrected chi connectivity index (χ2v) is 11.5. The van der Waals surface area contributed by atoms with Gasteiger partial charge in [-0.15, -0.1) is 0 Å². The number of aromatic nitrogens is 2. The Bertz CT molecular complexity index is 1620. The first-order chi connectivity index (χ1) is 16.2. The number of amides is 2. The molecule has 0 spiro atoms. The number of carbonyl (C=O) groups is 2. The maximum Gasteiger partial charge on any atom is 0.280 e. The molecule has 3 heterocycles. The summed E-state index contributed by atoms with van der Waals surface area (Å²) in [7, 11) is -4.21. The summed E-state index contributed by atoms with van der Waals surface area (Å²) < 4.78 is 33.9. The van der Waals surface area contributed by atoms with Crippen molar-refractivity contribution in [3.05, 3.63) is 80.0 Å². The zero-order valence-electron chi connectivity index (χ0n) is 16.8. The normalized spacial score (nSPS) is 13.6. The SMILES string of the molecule is O=C1c2cc(Br)cc(NS(=O)(=O)c3nccc4sncc34)c2C(=O)N1Cc1ccc(Cl)cc1Cl. The van der Waals surface area contributed by atoms with Gasteiger partial charge in [0.2, 0.25) is 0 Å². The molecule has 0 bridgehead atoms. The van der Waals surface area contributed by atoms with E-state index in [1.54, 1.807) is 18.2 Å². The quantitative estimate of drug-likeness (QED) is 0.310. The zero-order valence-corrected chi connectivity index (χ0v) is 21.5. The molecule has 0 fully saturated rings. The van der Waals surface area contributed by atoms with Crippen LogP contribution in [0.3, 0.4) is 0 Å². The Morgan fingerprint density at radius 3 is 2.65 bits per heavy atom. The van der Waals surface area contributed by atoms with E-state index in [0.29, 0.717) is 30.2 Å². The highest BCUT2D eigenvalue weighted by molar-refractivity contribution is 9.10. The molecular weight excluding hydrogens is 587 g/mol. The van der Waals surface area contributed by atoms with Crippen LogP contribution in [0.15, 0.2) is 58.3 Å². The molecule has 13 heteroatoms. The predicted octanol–water partition coefficient (Wildman–Crippen LogP) is 5.36. The summed E-state index contributed by atoms with van der Waals surface area (Å²) in [5, 5.41) is 0.845.